The van der Waals surface area contributed by atoms with E-state index >= 15 is 0 Å². The third kappa shape index (κ3) is 4.52. The molecule has 1 rings (SSSR count). The zero-order valence-corrected chi connectivity index (χ0v) is 10.5. The molecular formula is C13H28N2. The Morgan fingerprint density at radius 3 is 2.47 bits per heavy atom. The topological polar surface area (TPSA) is 38.0 Å². The van der Waals surface area contributed by atoms with Crippen molar-refractivity contribution in [2.75, 3.05) is 19.6 Å². The van der Waals surface area contributed by atoms with E-state index in [0.717, 1.165) is 13.1 Å². The van der Waals surface area contributed by atoms with Crippen LogP contribution in [0, 0.1) is 11.3 Å². The summed E-state index contributed by atoms with van der Waals surface area (Å²) in [6.07, 6.45) is 8.29. The van der Waals surface area contributed by atoms with Crippen molar-refractivity contribution in [3.63, 3.8) is 0 Å². The highest BCUT2D eigenvalue weighted by Crippen LogP contribution is 2.34. The van der Waals surface area contributed by atoms with Crippen molar-refractivity contribution in [3.05, 3.63) is 0 Å². The van der Waals surface area contributed by atoms with Crippen molar-refractivity contribution in [3.8, 4) is 0 Å². The second-order valence-corrected chi connectivity index (χ2v) is 5.51. The maximum atomic E-state index is 5.70. The lowest BCUT2D eigenvalue weighted by Crippen LogP contribution is -2.37. The molecule has 1 aliphatic carbocycles. The van der Waals surface area contributed by atoms with Crippen LogP contribution < -0.4 is 11.1 Å². The van der Waals surface area contributed by atoms with Crippen LogP contribution in [0.25, 0.3) is 0 Å². The molecule has 1 unspecified atom stereocenters. The van der Waals surface area contributed by atoms with Crippen LogP contribution in [-0.4, -0.2) is 19.6 Å². The van der Waals surface area contributed by atoms with E-state index in [9.17, 15) is 0 Å². The fourth-order valence-corrected chi connectivity index (χ4v) is 2.55. The van der Waals surface area contributed by atoms with Gasteiger partial charge in [-0.05, 0) is 37.3 Å². The summed E-state index contributed by atoms with van der Waals surface area (Å²) in [6, 6.07) is 0. The lowest BCUT2D eigenvalue weighted by molar-refractivity contribution is 0.204. The minimum absolute atomic E-state index is 0.561. The van der Waals surface area contributed by atoms with Crippen molar-refractivity contribution < 1.29 is 0 Å². The Labute approximate surface area is 95.0 Å². The molecule has 1 aliphatic rings. The molecular weight excluding hydrogens is 184 g/mol. The number of rotatable bonds is 6. The SMILES string of the molecule is CCC(CN)CNCC1(C)CCCCC1. The summed E-state index contributed by atoms with van der Waals surface area (Å²) in [5.41, 5.74) is 6.26. The van der Waals surface area contributed by atoms with E-state index in [1.807, 2.05) is 0 Å². The predicted molar refractivity (Wildman–Crippen MR) is 66.9 cm³/mol. The Kier molecular flexibility index (Phi) is 5.62. The van der Waals surface area contributed by atoms with Crippen molar-refractivity contribution in [2.24, 2.45) is 17.1 Å². The molecule has 1 fully saturated rings. The maximum absolute atomic E-state index is 5.70. The van der Waals surface area contributed by atoms with Crippen LogP contribution in [0.3, 0.4) is 0 Å². The Morgan fingerprint density at radius 2 is 1.93 bits per heavy atom. The summed E-state index contributed by atoms with van der Waals surface area (Å²) in [6.45, 7) is 7.76. The van der Waals surface area contributed by atoms with E-state index in [1.165, 1.54) is 45.1 Å². The second-order valence-electron chi connectivity index (χ2n) is 5.51. The van der Waals surface area contributed by atoms with Gasteiger partial charge in [-0.1, -0.05) is 39.5 Å². The van der Waals surface area contributed by atoms with Gasteiger partial charge in [-0.25, -0.2) is 0 Å². The number of nitrogens with one attached hydrogen (secondary N) is 1. The average Bonchev–Trinajstić information content (AvgIpc) is 2.25. The van der Waals surface area contributed by atoms with E-state index in [2.05, 4.69) is 19.2 Å². The first-order valence-electron chi connectivity index (χ1n) is 6.61. The smallest absolute Gasteiger partial charge is 0.000528 e. The van der Waals surface area contributed by atoms with Crippen LogP contribution >= 0.6 is 0 Å². The van der Waals surface area contributed by atoms with Crippen LogP contribution in [0.4, 0.5) is 0 Å². The largest absolute Gasteiger partial charge is 0.330 e. The van der Waals surface area contributed by atoms with Gasteiger partial charge in [-0.2, -0.15) is 0 Å². The van der Waals surface area contributed by atoms with Gasteiger partial charge >= 0.3 is 0 Å². The van der Waals surface area contributed by atoms with Gasteiger partial charge in [0.25, 0.3) is 0 Å². The Morgan fingerprint density at radius 1 is 1.27 bits per heavy atom. The number of hydrogen-bond donors (Lipinski definition) is 2. The van der Waals surface area contributed by atoms with E-state index in [4.69, 9.17) is 5.73 Å². The van der Waals surface area contributed by atoms with Crippen LogP contribution in [0.2, 0.25) is 0 Å². The van der Waals surface area contributed by atoms with Crippen LogP contribution in [-0.2, 0) is 0 Å². The van der Waals surface area contributed by atoms with Crippen LogP contribution in [0.1, 0.15) is 52.4 Å². The van der Waals surface area contributed by atoms with E-state index in [0.29, 0.717) is 11.3 Å². The van der Waals surface area contributed by atoms with Gasteiger partial charge in [-0.15, -0.1) is 0 Å². The molecule has 0 aliphatic heterocycles. The minimum Gasteiger partial charge on any atom is -0.330 e. The van der Waals surface area contributed by atoms with Gasteiger partial charge in [0.2, 0.25) is 0 Å². The summed E-state index contributed by atoms with van der Waals surface area (Å²) in [7, 11) is 0. The molecule has 3 N–H and O–H groups in total. The minimum atomic E-state index is 0.561. The Bertz CT molecular complexity index is 158. The summed E-state index contributed by atoms with van der Waals surface area (Å²) in [5, 5.41) is 3.62. The molecule has 0 bridgehead atoms. The molecule has 0 radical (unpaired) electrons. The molecule has 0 aromatic rings. The van der Waals surface area contributed by atoms with Gasteiger partial charge in [-0.3, -0.25) is 0 Å². The van der Waals surface area contributed by atoms with E-state index in [1.54, 1.807) is 0 Å². The standard InChI is InChI=1S/C13H28N2/c1-3-12(9-14)10-15-11-13(2)7-5-4-6-8-13/h12,15H,3-11,14H2,1-2H3. The molecule has 0 aromatic carbocycles. The normalized spacial score (nSPS) is 22.6. The highest BCUT2D eigenvalue weighted by atomic mass is 14.9. The van der Waals surface area contributed by atoms with Gasteiger partial charge in [0.05, 0.1) is 0 Å². The van der Waals surface area contributed by atoms with Crippen molar-refractivity contribution in [2.45, 2.75) is 52.4 Å². The van der Waals surface area contributed by atoms with Crippen molar-refractivity contribution >= 4 is 0 Å². The number of hydrogen-bond acceptors (Lipinski definition) is 2. The molecule has 0 amide bonds. The number of nitrogens with two attached hydrogens (primary N) is 1. The molecule has 90 valence electrons. The maximum Gasteiger partial charge on any atom is 0.000528 e. The first-order valence-corrected chi connectivity index (χ1v) is 6.61. The lowest BCUT2D eigenvalue weighted by atomic mass is 9.75. The molecule has 0 aromatic heterocycles. The summed E-state index contributed by atoms with van der Waals surface area (Å²) < 4.78 is 0. The summed E-state index contributed by atoms with van der Waals surface area (Å²) in [5.74, 6) is 0.664. The third-order valence-corrected chi connectivity index (χ3v) is 3.96. The van der Waals surface area contributed by atoms with Crippen molar-refractivity contribution in [1.82, 2.24) is 5.32 Å². The van der Waals surface area contributed by atoms with Gasteiger partial charge in [0.1, 0.15) is 0 Å². The molecule has 0 saturated heterocycles. The fraction of sp³-hybridized carbons (Fsp3) is 1.00. The van der Waals surface area contributed by atoms with Gasteiger partial charge in [0, 0.05) is 6.54 Å². The quantitative estimate of drug-likeness (QED) is 0.710. The molecule has 0 spiro atoms. The lowest BCUT2D eigenvalue weighted by Gasteiger charge is -2.34. The molecule has 2 heteroatoms. The first-order chi connectivity index (χ1) is 7.20. The zero-order chi connectivity index (χ0) is 11.1. The fourth-order valence-electron chi connectivity index (χ4n) is 2.55. The van der Waals surface area contributed by atoms with Gasteiger partial charge < -0.3 is 11.1 Å². The molecule has 0 heterocycles. The van der Waals surface area contributed by atoms with Gasteiger partial charge in [0.15, 0.2) is 0 Å². The van der Waals surface area contributed by atoms with Crippen LogP contribution in [0.5, 0.6) is 0 Å². The summed E-state index contributed by atoms with van der Waals surface area (Å²) >= 11 is 0. The Balaban J connectivity index is 2.17. The predicted octanol–water partition coefficient (Wildman–Crippen LogP) is 2.53. The van der Waals surface area contributed by atoms with E-state index in [-0.39, 0.29) is 0 Å². The summed E-state index contributed by atoms with van der Waals surface area (Å²) in [4.78, 5) is 0. The monoisotopic (exact) mass is 212 g/mol. The highest BCUT2D eigenvalue weighted by Gasteiger charge is 2.26. The molecule has 2 nitrogen and oxygen atoms in total. The van der Waals surface area contributed by atoms with Crippen LogP contribution in [0.15, 0.2) is 0 Å². The zero-order valence-electron chi connectivity index (χ0n) is 10.5. The van der Waals surface area contributed by atoms with E-state index < -0.39 is 0 Å². The van der Waals surface area contributed by atoms with Crippen molar-refractivity contribution in [1.29, 1.82) is 0 Å². The molecule has 1 saturated carbocycles. The third-order valence-electron chi connectivity index (χ3n) is 3.96. The molecule has 1 atom stereocenters. The molecule has 15 heavy (non-hydrogen) atoms. The Hall–Kier alpha value is -0.0800. The highest BCUT2D eigenvalue weighted by molar-refractivity contribution is 4.80. The first kappa shape index (κ1) is 13.0. The average molecular weight is 212 g/mol. The second kappa shape index (κ2) is 6.49.